The Labute approximate surface area is 106 Å². The van der Waals surface area contributed by atoms with E-state index in [2.05, 4.69) is 0 Å². The number of carboxylic acid groups (broad SMARTS) is 1. The molecule has 0 radical (unpaired) electrons. The van der Waals surface area contributed by atoms with Crippen molar-refractivity contribution in [2.75, 3.05) is 0 Å². The number of carbonyl (C=O) groups is 1. The molecule has 0 aliphatic heterocycles. The highest BCUT2D eigenvalue weighted by molar-refractivity contribution is 7.21. The van der Waals surface area contributed by atoms with Gasteiger partial charge in [0.2, 0.25) is 0 Å². The van der Waals surface area contributed by atoms with Crippen LogP contribution < -0.4 is 0 Å². The summed E-state index contributed by atoms with van der Waals surface area (Å²) in [6.45, 7) is 0. The molecule has 2 rings (SSSR count). The summed E-state index contributed by atoms with van der Waals surface area (Å²) in [6.07, 6.45) is -4.70. The second-order valence-corrected chi connectivity index (χ2v) is 4.81. The summed E-state index contributed by atoms with van der Waals surface area (Å²) in [5, 5.41) is 8.09. The summed E-state index contributed by atoms with van der Waals surface area (Å²) in [5.41, 5.74) is -1.18. The maximum absolute atomic E-state index is 13.5. The number of carboxylic acids is 1. The Bertz CT molecular complexity index is 647. The molecule has 0 aliphatic rings. The molecule has 0 amide bonds. The minimum absolute atomic E-state index is 0.148. The summed E-state index contributed by atoms with van der Waals surface area (Å²) in [6, 6.07) is 0.980. The molecule has 1 heterocycles. The molecular weight excluding hydrogens is 296 g/mol. The van der Waals surface area contributed by atoms with Crippen molar-refractivity contribution < 1.29 is 27.5 Å². The molecule has 0 fully saturated rings. The van der Waals surface area contributed by atoms with E-state index in [4.69, 9.17) is 16.7 Å². The van der Waals surface area contributed by atoms with Crippen molar-refractivity contribution in [1.82, 2.24) is 0 Å². The van der Waals surface area contributed by atoms with Gasteiger partial charge in [0.15, 0.2) is 0 Å². The Balaban J connectivity index is 2.79. The lowest BCUT2D eigenvalue weighted by atomic mass is 10.1. The van der Waals surface area contributed by atoms with Gasteiger partial charge in [0, 0.05) is 10.1 Å². The monoisotopic (exact) mass is 298 g/mol. The van der Waals surface area contributed by atoms with Crippen LogP contribution in [0.4, 0.5) is 17.6 Å². The fourth-order valence-corrected chi connectivity index (χ4v) is 2.88. The van der Waals surface area contributed by atoms with Crippen LogP contribution >= 0.6 is 22.9 Å². The van der Waals surface area contributed by atoms with Gasteiger partial charge in [-0.15, -0.1) is 11.3 Å². The maximum atomic E-state index is 13.5. The second-order valence-electron chi connectivity index (χ2n) is 3.38. The number of halogens is 5. The number of aromatic carboxylic acids is 1. The standard InChI is InChI=1S/C10H3ClF4O2S/c11-7-6-4(12)1-3(10(13,14)15)2-5(6)18-8(7)9(16)17/h1-2H,(H,16,17). The molecule has 0 bridgehead atoms. The SMILES string of the molecule is O=C(O)c1sc2cc(C(F)(F)F)cc(F)c2c1Cl. The van der Waals surface area contributed by atoms with Crippen LogP contribution in [0.3, 0.4) is 0 Å². The van der Waals surface area contributed by atoms with Crippen molar-refractivity contribution in [1.29, 1.82) is 0 Å². The van der Waals surface area contributed by atoms with Crippen LogP contribution in [0.5, 0.6) is 0 Å². The second kappa shape index (κ2) is 4.10. The van der Waals surface area contributed by atoms with Gasteiger partial charge < -0.3 is 5.11 Å². The first-order valence-electron chi connectivity index (χ1n) is 4.44. The fraction of sp³-hybridized carbons (Fsp3) is 0.100. The summed E-state index contributed by atoms with van der Waals surface area (Å²) in [7, 11) is 0. The molecule has 1 aromatic heterocycles. The van der Waals surface area contributed by atoms with Gasteiger partial charge in [-0.2, -0.15) is 13.2 Å². The van der Waals surface area contributed by atoms with Crippen LogP contribution in [0.2, 0.25) is 5.02 Å². The largest absolute Gasteiger partial charge is 0.477 e. The van der Waals surface area contributed by atoms with Crippen molar-refractivity contribution in [3.63, 3.8) is 0 Å². The minimum atomic E-state index is -4.70. The number of benzene rings is 1. The van der Waals surface area contributed by atoms with Gasteiger partial charge in [-0.3, -0.25) is 0 Å². The number of fused-ring (bicyclic) bond motifs is 1. The first kappa shape index (κ1) is 13.1. The molecule has 0 atom stereocenters. The molecule has 18 heavy (non-hydrogen) atoms. The average molecular weight is 299 g/mol. The molecule has 0 aliphatic carbocycles. The highest BCUT2D eigenvalue weighted by atomic mass is 35.5. The lowest BCUT2D eigenvalue weighted by Crippen LogP contribution is -2.04. The molecule has 0 saturated heterocycles. The van der Waals surface area contributed by atoms with Crippen molar-refractivity contribution >= 4 is 39.0 Å². The van der Waals surface area contributed by atoms with Gasteiger partial charge in [0.25, 0.3) is 0 Å². The quantitative estimate of drug-likeness (QED) is 0.792. The topological polar surface area (TPSA) is 37.3 Å². The zero-order valence-electron chi connectivity index (χ0n) is 8.31. The smallest absolute Gasteiger partial charge is 0.416 e. The molecule has 0 unspecified atom stereocenters. The van der Waals surface area contributed by atoms with Gasteiger partial charge in [0.05, 0.1) is 10.6 Å². The molecule has 1 N–H and O–H groups in total. The number of rotatable bonds is 1. The Morgan fingerprint density at radius 2 is 1.94 bits per heavy atom. The molecule has 0 saturated carbocycles. The maximum Gasteiger partial charge on any atom is 0.416 e. The van der Waals surface area contributed by atoms with Gasteiger partial charge in [-0.05, 0) is 12.1 Å². The van der Waals surface area contributed by atoms with Gasteiger partial charge in [-0.25, -0.2) is 9.18 Å². The van der Waals surface area contributed by atoms with E-state index < -0.39 is 23.5 Å². The van der Waals surface area contributed by atoms with Crippen molar-refractivity contribution in [2.24, 2.45) is 0 Å². The lowest BCUT2D eigenvalue weighted by Gasteiger charge is -2.06. The van der Waals surface area contributed by atoms with Crippen molar-refractivity contribution in [3.8, 4) is 0 Å². The van der Waals surface area contributed by atoms with E-state index in [9.17, 15) is 22.4 Å². The third-order valence-electron chi connectivity index (χ3n) is 2.21. The predicted octanol–water partition coefficient (Wildman–Crippen LogP) is 4.41. The predicted molar refractivity (Wildman–Crippen MR) is 58.8 cm³/mol. The summed E-state index contributed by atoms with van der Waals surface area (Å²) in [5.74, 6) is -2.59. The van der Waals surface area contributed by atoms with Crippen LogP contribution in [-0.4, -0.2) is 11.1 Å². The summed E-state index contributed by atoms with van der Waals surface area (Å²) < 4.78 is 50.7. The van der Waals surface area contributed by atoms with E-state index >= 15 is 0 Å². The molecular formula is C10H3ClF4O2S. The van der Waals surface area contributed by atoms with E-state index in [0.717, 1.165) is 0 Å². The van der Waals surface area contributed by atoms with E-state index in [1.165, 1.54) is 0 Å². The first-order valence-corrected chi connectivity index (χ1v) is 5.63. The Morgan fingerprint density at radius 3 is 2.44 bits per heavy atom. The Kier molecular flexibility index (Phi) is 2.98. The Hall–Kier alpha value is -1.34. The van der Waals surface area contributed by atoms with Crippen LogP contribution in [0.1, 0.15) is 15.2 Å². The van der Waals surface area contributed by atoms with Crippen LogP contribution in [0, 0.1) is 5.82 Å². The highest BCUT2D eigenvalue weighted by Gasteiger charge is 2.32. The molecule has 1 aromatic carbocycles. The summed E-state index contributed by atoms with van der Waals surface area (Å²) in [4.78, 5) is 10.4. The molecule has 2 aromatic rings. The number of alkyl halides is 3. The van der Waals surface area contributed by atoms with Crippen LogP contribution in [-0.2, 0) is 6.18 Å². The number of thiophene rings is 1. The zero-order valence-corrected chi connectivity index (χ0v) is 9.88. The minimum Gasteiger partial charge on any atom is -0.477 e. The fourth-order valence-electron chi connectivity index (χ4n) is 1.44. The highest BCUT2D eigenvalue weighted by Crippen LogP contribution is 2.40. The van der Waals surface area contributed by atoms with Gasteiger partial charge in [-0.1, -0.05) is 11.6 Å². The zero-order chi connectivity index (χ0) is 13.7. The third kappa shape index (κ3) is 2.04. The molecule has 8 heteroatoms. The van der Waals surface area contributed by atoms with Crippen LogP contribution in [0.15, 0.2) is 12.1 Å². The van der Waals surface area contributed by atoms with E-state index in [1.807, 2.05) is 0 Å². The Morgan fingerprint density at radius 1 is 1.33 bits per heavy atom. The lowest BCUT2D eigenvalue weighted by molar-refractivity contribution is -0.137. The van der Waals surface area contributed by atoms with Crippen molar-refractivity contribution in [2.45, 2.75) is 6.18 Å². The summed E-state index contributed by atoms with van der Waals surface area (Å²) >= 11 is 6.14. The number of hydrogen-bond donors (Lipinski definition) is 1. The molecule has 96 valence electrons. The number of hydrogen-bond acceptors (Lipinski definition) is 2. The normalized spacial score (nSPS) is 12.1. The molecule has 0 spiro atoms. The van der Waals surface area contributed by atoms with Crippen LogP contribution in [0.25, 0.3) is 10.1 Å². The van der Waals surface area contributed by atoms with E-state index in [-0.39, 0.29) is 20.0 Å². The van der Waals surface area contributed by atoms with E-state index in [1.54, 1.807) is 0 Å². The van der Waals surface area contributed by atoms with E-state index in [0.29, 0.717) is 23.5 Å². The van der Waals surface area contributed by atoms with Gasteiger partial charge in [0.1, 0.15) is 10.7 Å². The first-order chi connectivity index (χ1) is 8.21. The molecule has 2 nitrogen and oxygen atoms in total. The van der Waals surface area contributed by atoms with Crippen molar-refractivity contribution in [3.05, 3.63) is 33.4 Å². The third-order valence-corrected chi connectivity index (χ3v) is 3.82. The average Bonchev–Trinajstić information content (AvgIpc) is 2.55. The van der Waals surface area contributed by atoms with Gasteiger partial charge >= 0.3 is 12.1 Å².